The molecule has 0 aliphatic carbocycles. The number of hydrogen-bond acceptors (Lipinski definition) is 4. The topological polar surface area (TPSA) is 67.0 Å². The van der Waals surface area contributed by atoms with Crippen LogP contribution in [0.25, 0.3) is 11.0 Å². The maximum Gasteiger partial charge on any atom is 0.338 e. The summed E-state index contributed by atoms with van der Waals surface area (Å²) in [5.41, 5.74) is 2.97. The van der Waals surface area contributed by atoms with Gasteiger partial charge in [0.1, 0.15) is 0 Å². The summed E-state index contributed by atoms with van der Waals surface area (Å²) < 4.78 is 5.95. The van der Waals surface area contributed by atoms with E-state index in [9.17, 15) is 4.79 Å². The number of halogens is 1. The van der Waals surface area contributed by atoms with Gasteiger partial charge in [0.25, 0.3) is 0 Å². The van der Waals surface area contributed by atoms with Crippen molar-refractivity contribution in [3.05, 3.63) is 52.5 Å². The van der Waals surface area contributed by atoms with E-state index < -0.39 is 0 Å². The first-order valence-electron chi connectivity index (χ1n) is 6.86. The van der Waals surface area contributed by atoms with Crippen molar-refractivity contribution in [3.63, 3.8) is 0 Å². The highest BCUT2D eigenvalue weighted by Gasteiger charge is 2.10. The number of benzene rings is 2. The molecule has 6 heteroatoms. The number of aromatic nitrogens is 2. The molecule has 5 nitrogen and oxygen atoms in total. The molecule has 22 heavy (non-hydrogen) atoms. The number of fused-ring (bicyclic) bond motifs is 1. The average molecular weight is 360 g/mol. The molecule has 1 aromatic heterocycles. The molecule has 0 atom stereocenters. The first kappa shape index (κ1) is 14.6. The number of aromatic amines is 1. The fourth-order valence-corrected chi connectivity index (χ4v) is 2.48. The molecule has 0 aliphatic rings. The Morgan fingerprint density at radius 3 is 2.91 bits per heavy atom. The van der Waals surface area contributed by atoms with Crippen molar-refractivity contribution in [2.75, 3.05) is 11.9 Å². The standard InChI is InChI=1S/C16H14BrN3O2/c1-2-22-15(21)10-7-8-13-14(9-10)20-16(19-13)18-12-6-4-3-5-11(12)17/h3-9H,2H2,1H3,(H2,18,19,20). The van der Waals surface area contributed by atoms with Gasteiger partial charge in [0.2, 0.25) is 5.95 Å². The molecular formula is C16H14BrN3O2. The van der Waals surface area contributed by atoms with Crippen LogP contribution in [0, 0.1) is 0 Å². The summed E-state index contributed by atoms with van der Waals surface area (Å²) in [4.78, 5) is 19.4. The minimum Gasteiger partial charge on any atom is -0.462 e. The number of hydrogen-bond donors (Lipinski definition) is 2. The zero-order valence-corrected chi connectivity index (χ0v) is 13.5. The number of para-hydroxylation sites is 1. The number of esters is 1. The van der Waals surface area contributed by atoms with E-state index in [2.05, 4.69) is 31.2 Å². The summed E-state index contributed by atoms with van der Waals surface area (Å²) in [6.07, 6.45) is 0. The zero-order valence-electron chi connectivity index (χ0n) is 11.9. The van der Waals surface area contributed by atoms with Crippen LogP contribution in [0.5, 0.6) is 0 Å². The molecule has 0 aliphatic heterocycles. The highest BCUT2D eigenvalue weighted by Crippen LogP contribution is 2.25. The summed E-state index contributed by atoms with van der Waals surface area (Å²) in [7, 11) is 0. The quantitative estimate of drug-likeness (QED) is 0.683. The molecule has 0 unspecified atom stereocenters. The molecule has 0 bridgehead atoms. The van der Waals surface area contributed by atoms with Crippen LogP contribution in [-0.4, -0.2) is 22.5 Å². The van der Waals surface area contributed by atoms with Crippen molar-refractivity contribution in [3.8, 4) is 0 Å². The Kier molecular flexibility index (Phi) is 4.11. The van der Waals surface area contributed by atoms with Crippen molar-refractivity contribution in [1.82, 2.24) is 9.97 Å². The molecule has 0 saturated heterocycles. The zero-order chi connectivity index (χ0) is 15.5. The van der Waals surface area contributed by atoms with Crippen LogP contribution in [0.15, 0.2) is 46.9 Å². The highest BCUT2D eigenvalue weighted by atomic mass is 79.9. The van der Waals surface area contributed by atoms with Crippen molar-refractivity contribution in [2.45, 2.75) is 6.92 Å². The lowest BCUT2D eigenvalue weighted by Crippen LogP contribution is -2.04. The predicted molar refractivity (Wildman–Crippen MR) is 89.5 cm³/mol. The highest BCUT2D eigenvalue weighted by molar-refractivity contribution is 9.10. The number of ether oxygens (including phenoxy) is 1. The Hall–Kier alpha value is -2.34. The SMILES string of the molecule is CCOC(=O)c1ccc2nc(Nc3ccccc3Br)[nH]c2c1. The number of nitrogens with one attached hydrogen (secondary N) is 2. The third-order valence-electron chi connectivity index (χ3n) is 3.12. The van der Waals surface area contributed by atoms with E-state index >= 15 is 0 Å². The van der Waals surface area contributed by atoms with Crippen LogP contribution < -0.4 is 5.32 Å². The van der Waals surface area contributed by atoms with Gasteiger partial charge in [0.15, 0.2) is 0 Å². The Labute approximate surface area is 135 Å². The van der Waals surface area contributed by atoms with Gasteiger partial charge in [-0.1, -0.05) is 12.1 Å². The van der Waals surface area contributed by atoms with Gasteiger partial charge in [-0.15, -0.1) is 0 Å². The van der Waals surface area contributed by atoms with E-state index in [0.717, 1.165) is 21.2 Å². The Balaban J connectivity index is 1.90. The lowest BCUT2D eigenvalue weighted by molar-refractivity contribution is 0.0526. The van der Waals surface area contributed by atoms with E-state index in [1.165, 1.54) is 0 Å². The summed E-state index contributed by atoms with van der Waals surface area (Å²) >= 11 is 3.48. The second-order valence-corrected chi connectivity index (χ2v) is 5.50. The first-order chi connectivity index (χ1) is 10.7. The van der Waals surface area contributed by atoms with E-state index in [1.54, 1.807) is 25.1 Å². The van der Waals surface area contributed by atoms with Gasteiger partial charge in [0, 0.05) is 4.47 Å². The number of carbonyl (C=O) groups is 1. The van der Waals surface area contributed by atoms with Crippen LogP contribution in [0.3, 0.4) is 0 Å². The van der Waals surface area contributed by atoms with Crippen LogP contribution in [0.1, 0.15) is 17.3 Å². The molecular weight excluding hydrogens is 346 g/mol. The summed E-state index contributed by atoms with van der Waals surface area (Å²) in [6.45, 7) is 2.14. The lowest BCUT2D eigenvalue weighted by Gasteiger charge is -2.04. The maximum absolute atomic E-state index is 11.8. The molecule has 0 saturated carbocycles. The smallest absolute Gasteiger partial charge is 0.338 e. The minimum atomic E-state index is -0.334. The molecule has 2 aromatic carbocycles. The van der Waals surface area contributed by atoms with Gasteiger partial charge < -0.3 is 15.0 Å². The van der Waals surface area contributed by atoms with Gasteiger partial charge in [-0.25, -0.2) is 9.78 Å². The maximum atomic E-state index is 11.8. The summed E-state index contributed by atoms with van der Waals surface area (Å²) in [6, 6.07) is 13.0. The van der Waals surface area contributed by atoms with Gasteiger partial charge in [0.05, 0.1) is 28.9 Å². The largest absolute Gasteiger partial charge is 0.462 e. The van der Waals surface area contributed by atoms with Gasteiger partial charge >= 0.3 is 5.97 Å². The number of anilines is 2. The molecule has 2 N–H and O–H groups in total. The molecule has 0 fully saturated rings. The lowest BCUT2D eigenvalue weighted by atomic mass is 10.2. The van der Waals surface area contributed by atoms with E-state index in [1.807, 2.05) is 24.3 Å². The number of H-pyrrole nitrogens is 1. The van der Waals surface area contributed by atoms with Crippen LogP contribution in [0.2, 0.25) is 0 Å². The van der Waals surface area contributed by atoms with Crippen LogP contribution >= 0.6 is 15.9 Å². The molecule has 0 spiro atoms. The van der Waals surface area contributed by atoms with Gasteiger partial charge in [-0.2, -0.15) is 0 Å². The third-order valence-corrected chi connectivity index (χ3v) is 3.81. The monoisotopic (exact) mass is 359 g/mol. The van der Waals surface area contributed by atoms with E-state index in [0.29, 0.717) is 18.1 Å². The normalized spacial score (nSPS) is 10.6. The molecule has 3 rings (SSSR count). The third kappa shape index (κ3) is 2.96. The molecule has 0 radical (unpaired) electrons. The molecule has 112 valence electrons. The van der Waals surface area contributed by atoms with Crippen LogP contribution in [0.4, 0.5) is 11.6 Å². The number of rotatable bonds is 4. The first-order valence-corrected chi connectivity index (χ1v) is 7.65. The Morgan fingerprint density at radius 2 is 2.14 bits per heavy atom. The van der Waals surface area contributed by atoms with Crippen molar-refractivity contribution >= 4 is 44.6 Å². The van der Waals surface area contributed by atoms with Crippen molar-refractivity contribution in [1.29, 1.82) is 0 Å². The van der Waals surface area contributed by atoms with Crippen molar-refractivity contribution in [2.24, 2.45) is 0 Å². The number of nitrogens with zero attached hydrogens (tertiary/aromatic N) is 1. The van der Waals surface area contributed by atoms with E-state index in [4.69, 9.17) is 4.74 Å². The van der Waals surface area contributed by atoms with E-state index in [-0.39, 0.29) is 5.97 Å². The predicted octanol–water partition coefficient (Wildman–Crippen LogP) is 4.25. The Morgan fingerprint density at radius 1 is 1.32 bits per heavy atom. The number of carbonyl (C=O) groups excluding carboxylic acids is 1. The fraction of sp³-hybridized carbons (Fsp3) is 0.125. The molecule has 0 amide bonds. The average Bonchev–Trinajstić information content (AvgIpc) is 2.91. The fourth-order valence-electron chi connectivity index (χ4n) is 2.10. The van der Waals surface area contributed by atoms with Crippen molar-refractivity contribution < 1.29 is 9.53 Å². The molecule has 3 aromatic rings. The molecule has 1 heterocycles. The summed E-state index contributed by atoms with van der Waals surface area (Å²) in [5.74, 6) is 0.280. The second-order valence-electron chi connectivity index (χ2n) is 4.64. The second kappa shape index (κ2) is 6.19. The minimum absolute atomic E-state index is 0.334. The van der Waals surface area contributed by atoms with Gasteiger partial charge in [-0.05, 0) is 53.2 Å². The summed E-state index contributed by atoms with van der Waals surface area (Å²) in [5, 5.41) is 3.21. The van der Waals surface area contributed by atoms with Gasteiger partial charge in [-0.3, -0.25) is 0 Å². The van der Waals surface area contributed by atoms with Crippen LogP contribution in [-0.2, 0) is 4.74 Å². The Bertz CT molecular complexity index is 829. The number of imidazole rings is 1.